The van der Waals surface area contributed by atoms with Gasteiger partial charge in [-0.3, -0.25) is 14.5 Å². The van der Waals surface area contributed by atoms with Crippen molar-refractivity contribution < 1.29 is 13.2 Å². The van der Waals surface area contributed by atoms with Gasteiger partial charge in [-0.25, -0.2) is 13.4 Å². The van der Waals surface area contributed by atoms with E-state index in [-0.39, 0.29) is 10.8 Å². The molecule has 5 aromatic rings. The summed E-state index contributed by atoms with van der Waals surface area (Å²) < 4.78 is 27.9. The van der Waals surface area contributed by atoms with Crippen LogP contribution in [0.25, 0.3) is 22.2 Å². The number of hydrogen-bond acceptors (Lipinski definition) is 5. The molecule has 0 spiro atoms. The molecule has 2 aromatic heterocycles. The molecule has 7 nitrogen and oxygen atoms in total. The normalized spacial score (nSPS) is 11.3. The molecule has 2 heterocycles. The van der Waals surface area contributed by atoms with E-state index in [1.54, 1.807) is 30.3 Å². The zero-order valence-corrected chi connectivity index (χ0v) is 21.1. The molecule has 5 rings (SSSR count). The third-order valence-electron chi connectivity index (χ3n) is 6.12. The van der Waals surface area contributed by atoms with Crippen molar-refractivity contribution in [1.29, 1.82) is 0 Å². The van der Waals surface area contributed by atoms with Gasteiger partial charge >= 0.3 is 0 Å². The number of anilines is 2. The van der Waals surface area contributed by atoms with Gasteiger partial charge in [-0.1, -0.05) is 30.3 Å². The Morgan fingerprint density at radius 3 is 2.24 bits per heavy atom. The molecule has 0 saturated heterocycles. The van der Waals surface area contributed by atoms with E-state index in [0.29, 0.717) is 28.1 Å². The fourth-order valence-electron chi connectivity index (χ4n) is 3.96. The van der Waals surface area contributed by atoms with Gasteiger partial charge in [-0.2, -0.15) is 0 Å². The predicted octanol–water partition coefficient (Wildman–Crippen LogP) is 5.97. The van der Waals surface area contributed by atoms with E-state index >= 15 is 0 Å². The molecule has 0 bridgehead atoms. The molecule has 1 amide bonds. The number of aromatic nitrogens is 2. The molecule has 2 N–H and O–H groups in total. The molecular formula is C29H24N4O3S. The van der Waals surface area contributed by atoms with Gasteiger partial charge in [0.15, 0.2) is 0 Å². The minimum Gasteiger partial charge on any atom is -0.322 e. The van der Waals surface area contributed by atoms with Crippen LogP contribution in [-0.2, 0) is 10.0 Å². The van der Waals surface area contributed by atoms with E-state index in [1.807, 2.05) is 43.3 Å². The highest BCUT2D eigenvalue weighted by atomic mass is 32.2. The maximum Gasteiger partial charge on any atom is 0.261 e. The lowest BCUT2D eigenvalue weighted by Crippen LogP contribution is -2.14. The summed E-state index contributed by atoms with van der Waals surface area (Å²) in [5.74, 6) is -0.311. The smallest absolute Gasteiger partial charge is 0.261 e. The van der Waals surface area contributed by atoms with Crippen LogP contribution in [0.4, 0.5) is 11.4 Å². The maximum atomic E-state index is 13.4. The number of sulfonamides is 1. The standard InChI is InChI=1S/C29H24N4O3S/c1-19-7-8-21(17-20(19)2)28-18-26(25-5-3-4-6-27(25)32-28)29(34)31-22-9-11-24(12-10-22)37(35,36)33-23-13-15-30-16-14-23/h3-18H,1-2H3,(H,30,33)(H,31,34). The Morgan fingerprint density at radius 2 is 1.51 bits per heavy atom. The van der Waals surface area contributed by atoms with Gasteiger partial charge in [0, 0.05) is 29.0 Å². The number of hydrogen-bond donors (Lipinski definition) is 2. The highest BCUT2D eigenvalue weighted by Crippen LogP contribution is 2.27. The number of nitrogens with one attached hydrogen (secondary N) is 2. The van der Waals surface area contributed by atoms with Crippen molar-refractivity contribution in [1.82, 2.24) is 9.97 Å². The average molecular weight is 509 g/mol. The number of amides is 1. The van der Waals surface area contributed by atoms with Crippen molar-refractivity contribution >= 4 is 38.2 Å². The van der Waals surface area contributed by atoms with Crippen LogP contribution in [0.1, 0.15) is 21.5 Å². The summed E-state index contributed by atoms with van der Waals surface area (Å²) in [5.41, 5.74) is 6.05. The number of rotatable bonds is 6. The number of nitrogens with zero attached hydrogens (tertiary/aromatic N) is 2. The second kappa shape index (κ2) is 9.83. The Kier molecular flexibility index (Phi) is 6.42. The fraction of sp³-hybridized carbons (Fsp3) is 0.0690. The van der Waals surface area contributed by atoms with Gasteiger partial charge in [0.25, 0.3) is 15.9 Å². The summed E-state index contributed by atoms with van der Waals surface area (Å²) in [6, 6.07) is 24.6. The Bertz CT molecular complexity index is 1720. The Hall–Kier alpha value is -4.56. The molecule has 0 fully saturated rings. The van der Waals surface area contributed by atoms with Crippen molar-refractivity contribution in [2.75, 3.05) is 10.0 Å². The van der Waals surface area contributed by atoms with Gasteiger partial charge in [0.1, 0.15) is 0 Å². The van der Waals surface area contributed by atoms with Gasteiger partial charge in [0.2, 0.25) is 0 Å². The summed E-state index contributed by atoms with van der Waals surface area (Å²) in [6.07, 6.45) is 3.01. The first-order valence-electron chi connectivity index (χ1n) is 11.6. The van der Waals surface area contributed by atoms with Crippen molar-refractivity contribution in [2.45, 2.75) is 18.7 Å². The molecule has 0 radical (unpaired) electrons. The highest BCUT2D eigenvalue weighted by molar-refractivity contribution is 7.92. The van der Waals surface area contributed by atoms with Crippen molar-refractivity contribution in [2.24, 2.45) is 0 Å². The van der Waals surface area contributed by atoms with Crippen LogP contribution in [0.3, 0.4) is 0 Å². The second-order valence-electron chi connectivity index (χ2n) is 8.69. The van der Waals surface area contributed by atoms with Crippen molar-refractivity contribution in [3.05, 3.63) is 114 Å². The van der Waals surface area contributed by atoms with E-state index in [4.69, 9.17) is 4.98 Å². The summed E-state index contributed by atoms with van der Waals surface area (Å²) in [7, 11) is -3.78. The monoisotopic (exact) mass is 508 g/mol. The van der Waals surface area contributed by atoms with Crippen LogP contribution >= 0.6 is 0 Å². The lowest BCUT2D eigenvalue weighted by molar-refractivity contribution is 0.102. The Labute approximate surface area is 215 Å². The first-order valence-corrected chi connectivity index (χ1v) is 13.1. The third kappa shape index (κ3) is 5.19. The molecule has 8 heteroatoms. The molecule has 0 unspecified atom stereocenters. The molecule has 0 aliphatic carbocycles. The summed E-state index contributed by atoms with van der Waals surface area (Å²) in [4.78, 5) is 22.1. The molecule has 184 valence electrons. The number of carbonyl (C=O) groups is 1. The summed E-state index contributed by atoms with van der Waals surface area (Å²) >= 11 is 0. The molecule has 3 aromatic carbocycles. The number of benzene rings is 3. The molecule has 0 saturated carbocycles. The zero-order chi connectivity index (χ0) is 26.0. The molecule has 37 heavy (non-hydrogen) atoms. The van der Waals surface area contributed by atoms with Crippen LogP contribution in [0, 0.1) is 13.8 Å². The number of para-hydroxylation sites is 1. The summed E-state index contributed by atoms with van der Waals surface area (Å²) in [6.45, 7) is 4.10. The summed E-state index contributed by atoms with van der Waals surface area (Å²) in [5, 5.41) is 3.62. The average Bonchev–Trinajstić information content (AvgIpc) is 2.90. The maximum absolute atomic E-state index is 13.4. The predicted molar refractivity (Wildman–Crippen MR) is 146 cm³/mol. The van der Waals surface area contributed by atoms with E-state index in [9.17, 15) is 13.2 Å². The van der Waals surface area contributed by atoms with E-state index in [2.05, 4.69) is 28.0 Å². The van der Waals surface area contributed by atoms with E-state index in [0.717, 1.165) is 16.5 Å². The minimum atomic E-state index is -3.78. The van der Waals surface area contributed by atoms with Crippen molar-refractivity contribution in [3.8, 4) is 11.3 Å². The van der Waals surface area contributed by atoms with Gasteiger partial charge in [0.05, 0.1) is 27.4 Å². The van der Waals surface area contributed by atoms with Gasteiger partial charge < -0.3 is 5.32 Å². The first-order chi connectivity index (χ1) is 17.8. The molecule has 0 atom stereocenters. The second-order valence-corrected chi connectivity index (χ2v) is 10.4. The lowest BCUT2D eigenvalue weighted by Gasteiger charge is -2.12. The number of fused-ring (bicyclic) bond motifs is 1. The number of aryl methyl sites for hydroxylation is 2. The topological polar surface area (TPSA) is 101 Å². The highest BCUT2D eigenvalue weighted by Gasteiger charge is 2.17. The van der Waals surface area contributed by atoms with Gasteiger partial charge in [-0.05, 0) is 79.6 Å². The quantitative estimate of drug-likeness (QED) is 0.294. The minimum absolute atomic E-state index is 0.0775. The Morgan fingerprint density at radius 1 is 0.784 bits per heavy atom. The van der Waals surface area contributed by atoms with Crippen LogP contribution in [0.2, 0.25) is 0 Å². The van der Waals surface area contributed by atoms with Gasteiger partial charge in [-0.15, -0.1) is 0 Å². The SMILES string of the molecule is Cc1ccc(-c2cc(C(=O)Nc3ccc(S(=O)(=O)Nc4ccncc4)cc3)c3ccccc3n2)cc1C. The van der Waals surface area contributed by atoms with Crippen LogP contribution in [-0.4, -0.2) is 24.3 Å². The molecular weight excluding hydrogens is 484 g/mol. The number of pyridine rings is 2. The van der Waals surface area contributed by atoms with E-state index in [1.165, 1.54) is 30.1 Å². The molecule has 0 aliphatic heterocycles. The third-order valence-corrected chi connectivity index (χ3v) is 7.52. The number of carbonyl (C=O) groups excluding carboxylic acids is 1. The van der Waals surface area contributed by atoms with Crippen LogP contribution in [0.15, 0.2) is 102 Å². The lowest BCUT2D eigenvalue weighted by atomic mass is 10.0. The van der Waals surface area contributed by atoms with Crippen LogP contribution < -0.4 is 10.0 Å². The van der Waals surface area contributed by atoms with Crippen molar-refractivity contribution in [3.63, 3.8) is 0 Å². The molecule has 0 aliphatic rings. The first kappa shape index (κ1) is 24.1. The largest absolute Gasteiger partial charge is 0.322 e. The van der Waals surface area contributed by atoms with E-state index < -0.39 is 10.0 Å². The fourth-order valence-corrected chi connectivity index (χ4v) is 5.02. The zero-order valence-electron chi connectivity index (χ0n) is 20.3. The Balaban J connectivity index is 1.43. The van der Waals surface area contributed by atoms with Crippen LogP contribution in [0.5, 0.6) is 0 Å².